The number of nitrogens with two attached hydrogens (primary N) is 1. The van der Waals surface area contributed by atoms with Crippen molar-refractivity contribution >= 4 is 33.2 Å². The molecule has 4 N–H and O–H groups in total. The molecule has 4 nitrogen and oxygen atoms in total. The maximum Gasteiger partial charge on any atom is 0.188 e. The molecule has 1 heterocycles. The number of ether oxygens (including phenoxy) is 1. The first-order chi connectivity index (χ1) is 14.5. The van der Waals surface area contributed by atoms with Crippen LogP contribution in [0.2, 0.25) is 5.02 Å². The predicted molar refractivity (Wildman–Crippen MR) is 123 cm³/mol. The maximum atomic E-state index is 10.5. The van der Waals surface area contributed by atoms with Gasteiger partial charge in [0.1, 0.15) is 17.5 Å². The molecule has 0 saturated heterocycles. The zero-order chi connectivity index (χ0) is 21.1. The Morgan fingerprint density at radius 2 is 1.83 bits per heavy atom. The third-order valence-electron chi connectivity index (χ3n) is 5.12. The molecule has 6 heteroatoms. The third-order valence-corrected chi connectivity index (χ3v) is 5.96. The zero-order valence-corrected chi connectivity index (χ0v) is 18.8. The van der Waals surface area contributed by atoms with Crippen LogP contribution in [0.5, 0.6) is 11.5 Å². The highest BCUT2D eigenvalue weighted by molar-refractivity contribution is 9.10. The van der Waals surface area contributed by atoms with Crippen molar-refractivity contribution in [2.24, 2.45) is 0 Å². The van der Waals surface area contributed by atoms with Gasteiger partial charge in [-0.2, -0.15) is 0 Å². The Kier molecular flexibility index (Phi) is 6.32. The molecule has 30 heavy (non-hydrogen) atoms. The number of benzene rings is 3. The standard InChI is InChI=1S/C24H22BrClN2O2/c1-2-30-17-10-7-15(8-11-17)21-14-22(19-13-16(25)9-12-23(19)29)28-24(27-21)18-5-3-4-6-20(18)26/h3-14,22,24,27-29H,2H2,1H3/p+1. The summed E-state index contributed by atoms with van der Waals surface area (Å²) >= 11 is 10.0. The van der Waals surface area contributed by atoms with E-state index in [0.717, 1.165) is 32.6 Å². The molecule has 0 spiro atoms. The highest BCUT2D eigenvalue weighted by atomic mass is 79.9. The van der Waals surface area contributed by atoms with Gasteiger partial charge in [-0.3, -0.25) is 0 Å². The van der Waals surface area contributed by atoms with Gasteiger partial charge in [-0.25, -0.2) is 0 Å². The molecule has 154 valence electrons. The van der Waals surface area contributed by atoms with Crippen LogP contribution in [0.4, 0.5) is 0 Å². The molecular formula is C24H23BrClN2O2+. The maximum absolute atomic E-state index is 10.5. The second-order valence-electron chi connectivity index (χ2n) is 7.10. The van der Waals surface area contributed by atoms with Crippen LogP contribution in [0.3, 0.4) is 0 Å². The van der Waals surface area contributed by atoms with Crippen LogP contribution in [0.15, 0.2) is 77.3 Å². The van der Waals surface area contributed by atoms with E-state index < -0.39 is 0 Å². The lowest BCUT2D eigenvalue weighted by molar-refractivity contribution is -0.731. The van der Waals surface area contributed by atoms with Crippen LogP contribution in [-0.2, 0) is 0 Å². The molecule has 0 bridgehead atoms. The zero-order valence-electron chi connectivity index (χ0n) is 16.5. The number of rotatable bonds is 5. The Morgan fingerprint density at radius 1 is 1.07 bits per heavy atom. The minimum absolute atomic E-state index is 0.0911. The number of hydrogen-bond acceptors (Lipinski definition) is 3. The van der Waals surface area contributed by atoms with Crippen molar-refractivity contribution < 1.29 is 15.2 Å². The summed E-state index contributed by atoms with van der Waals surface area (Å²) in [6.45, 7) is 2.60. The molecule has 0 radical (unpaired) electrons. The quantitative estimate of drug-likeness (QED) is 0.467. The second kappa shape index (κ2) is 9.13. The number of halogens is 2. The first kappa shape index (κ1) is 20.8. The molecule has 3 aromatic rings. The van der Waals surface area contributed by atoms with Crippen molar-refractivity contribution in [3.05, 3.63) is 99.0 Å². The second-order valence-corrected chi connectivity index (χ2v) is 8.43. The van der Waals surface area contributed by atoms with Crippen LogP contribution in [-0.4, -0.2) is 11.7 Å². The molecule has 2 atom stereocenters. The number of hydrogen-bond donors (Lipinski definition) is 3. The van der Waals surface area contributed by atoms with Gasteiger partial charge in [0.05, 0.1) is 17.2 Å². The fourth-order valence-electron chi connectivity index (χ4n) is 3.68. The number of nitrogens with one attached hydrogen (secondary N) is 1. The molecule has 0 amide bonds. The van der Waals surface area contributed by atoms with Crippen molar-refractivity contribution in [1.82, 2.24) is 5.32 Å². The lowest BCUT2D eigenvalue weighted by Crippen LogP contribution is -2.89. The predicted octanol–water partition coefficient (Wildman–Crippen LogP) is 5.15. The summed E-state index contributed by atoms with van der Waals surface area (Å²) < 4.78 is 6.50. The fourth-order valence-corrected chi connectivity index (χ4v) is 4.31. The summed E-state index contributed by atoms with van der Waals surface area (Å²) in [6, 6.07) is 21.3. The van der Waals surface area contributed by atoms with Gasteiger partial charge in [0.15, 0.2) is 6.17 Å². The van der Waals surface area contributed by atoms with Crippen molar-refractivity contribution in [1.29, 1.82) is 0 Å². The summed E-state index contributed by atoms with van der Waals surface area (Å²) in [5.41, 5.74) is 3.86. The van der Waals surface area contributed by atoms with E-state index in [-0.39, 0.29) is 18.0 Å². The van der Waals surface area contributed by atoms with E-state index in [1.165, 1.54) is 0 Å². The van der Waals surface area contributed by atoms with Crippen LogP contribution >= 0.6 is 27.5 Å². The molecule has 2 unspecified atom stereocenters. The van der Waals surface area contributed by atoms with E-state index in [1.807, 2.05) is 67.6 Å². The number of phenolic OH excluding ortho intramolecular Hbond substituents is 1. The molecule has 1 aliphatic heterocycles. The Hall–Kier alpha value is -2.47. The van der Waals surface area contributed by atoms with Gasteiger partial charge >= 0.3 is 0 Å². The SMILES string of the molecule is CCOc1ccc(C2=CC(c3cc(Br)ccc3O)[NH2+]C(c3ccccc3Cl)N2)cc1. The Morgan fingerprint density at radius 3 is 2.57 bits per heavy atom. The van der Waals surface area contributed by atoms with Crippen LogP contribution in [0, 0.1) is 0 Å². The Balaban J connectivity index is 1.75. The summed E-state index contributed by atoms with van der Waals surface area (Å²) in [5.74, 6) is 1.11. The average Bonchev–Trinajstić information content (AvgIpc) is 2.76. The lowest BCUT2D eigenvalue weighted by atomic mass is 9.98. The van der Waals surface area contributed by atoms with E-state index >= 15 is 0 Å². The summed E-state index contributed by atoms with van der Waals surface area (Å²) in [4.78, 5) is 0. The highest BCUT2D eigenvalue weighted by Gasteiger charge is 2.30. The summed E-state index contributed by atoms with van der Waals surface area (Å²) in [6.07, 6.45) is 2.03. The van der Waals surface area contributed by atoms with Gasteiger partial charge in [-0.05, 0) is 67.1 Å². The van der Waals surface area contributed by atoms with E-state index in [0.29, 0.717) is 11.6 Å². The molecule has 1 aliphatic rings. The smallest absolute Gasteiger partial charge is 0.188 e. The van der Waals surface area contributed by atoms with Gasteiger partial charge in [-0.15, -0.1) is 0 Å². The van der Waals surface area contributed by atoms with E-state index in [1.54, 1.807) is 6.07 Å². The topological polar surface area (TPSA) is 58.1 Å². The lowest BCUT2D eigenvalue weighted by Gasteiger charge is -2.30. The van der Waals surface area contributed by atoms with Crippen LogP contribution in [0.1, 0.15) is 35.8 Å². The minimum Gasteiger partial charge on any atom is -0.507 e. The Bertz CT molecular complexity index is 1070. The van der Waals surface area contributed by atoms with Gasteiger partial charge in [-0.1, -0.05) is 39.7 Å². The fraction of sp³-hybridized carbons (Fsp3) is 0.167. The monoisotopic (exact) mass is 485 g/mol. The first-order valence-corrected chi connectivity index (χ1v) is 11.0. The van der Waals surface area contributed by atoms with E-state index in [4.69, 9.17) is 16.3 Å². The Labute approximate surface area is 189 Å². The molecule has 4 rings (SSSR count). The van der Waals surface area contributed by atoms with Gasteiger partial charge in [0.2, 0.25) is 0 Å². The van der Waals surface area contributed by atoms with Gasteiger partial charge in [0, 0.05) is 21.8 Å². The van der Waals surface area contributed by atoms with Crippen LogP contribution in [0.25, 0.3) is 5.70 Å². The molecule has 0 saturated carbocycles. The van der Waals surface area contributed by atoms with Gasteiger partial charge in [0.25, 0.3) is 0 Å². The van der Waals surface area contributed by atoms with Crippen molar-refractivity contribution in [2.75, 3.05) is 6.61 Å². The highest BCUT2D eigenvalue weighted by Crippen LogP contribution is 2.32. The van der Waals surface area contributed by atoms with Gasteiger partial charge < -0.3 is 20.5 Å². The third kappa shape index (κ3) is 4.48. The molecule has 0 aliphatic carbocycles. The minimum atomic E-state index is -0.103. The van der Waals surface area contributed by atoms with Crippen molar-refractivity contribution in [3.63, 3.8) is 0 Å². The molecular weight excluding hydrogens is 464 g/mol. The molecule has 0 fully saturated rings. The summed E-state index contributed by atoms with van der Waals surface area (Å²) in [5, 5.41) is 17.0. The number of phenols is 1. The van der Waals surface area contributed by atoms with E-state index in [2.05, 4.69) is 32.6 Å². The van der Waals surface area contributed by atoms with Crippen molar-refractivity contribution in [2.45, 2.75) is 19.1 Å². The number of aromatic hydroxyl groups is 1. The molecule has 0 aromatic heterocycles. The largest absolute Gasteiger partial charge is 0.507 e. The van der Waals surface area contributed by atoms with Crippen LogP contribution < -0.4 is 15.4 Å². The average molecular weight is 487 g/mol. The van der Waals surface area contributed by atoms with Crippen molar-refractivity contribution in [3.8, 4) is 11.5 Å². The summed E-state index contributed by atoms with van der Waals surface area (Å²) in [7, 11) is 0. The van der Waals surface area contributed by atoms with E-state index in [9.17, 15) is 5.11 Å². The number of quaternary nitrogens is 1. The first-order valence-electron chi connectivity index (χ1n) is 9.84. The molecule has 3 aromatic carbocycles. The normalized spacial score (nSPS) is 18.4.